The van der Waals surface area contributed by atoms with Crippen molar-refractivity contribution in [1.29, 1.82) is 0 Å². The predicted molar refractivity (Wildman–Crippen MR) is 96.9 cm³/mol. The second-order valence-corrected chi connectivity index (χ2v) is 5.76. The summed E-state index contributed by atoms with van der Waals surface area (Å²) in [6.07, 6.45) is 9.38. The summed E-state index contributed by atoms with van der Waals surface area (Å²) in [7, 11) is 0. The van der Waals surface area contributed by atoms with Gasteiger partial charge in [0.15, 0.2) is 0 Å². The lowest BCUT2D eigenvalue weighted by Gasteiger charge is -2.01. The van der Waals surface area contributed by atoms with Crippen LogP contribution < -0.4 is 0 Å². The van der Waals surface area contributed by atoms with E-state index in [2.05, 4.69) is 78.7 Å². The average Bonchev–Trinajstić information content (AvgIpc) is 2.92. The number of aryl methyl sites for hydroxylation is 1. The number of aromatic amines is 1. The summed E-state index contributed by atoms with van der Waals surface area (Å²) in [6.45, 7) is 2.25. The molecule has 0 aliphatic rings. The van der Waals surface area contributed by atoms with E-state index in [9.17, 15) is 0 Å². The fourth-order valence-corrected chi connectivity index (χ4v) is 2.90. The minimum atomic E-state index is 1.12. The molecule has 0 atom stereocenters. The number of H-pyrrole nitrogens is 1. The van der Waals surface area contributed by atoms with E-state index in [4.69, 9.17) is 0 Å². The third-order valence-corrected chi connectivity index (χ3v) is 4.10. The molecule has 0 aliphatic heterocycles. The minimum absolute atomic E-state index is 1.12. The number of hydrogen-bond donors (Lipinski definition) is 1. The predicted octanol–water partition coefficient (Wildman–Crippen LogP) is 6.07. The number of hydrogen-bond acceptors (Lipinski definition) is 0. The Bertz CT molecular complexity index is 750. The Kier molecular flexibility index (Phi) is 4.75. The molecule has 2 aromatic carbocycles. The Hall–Kier alpha value is -2.28. The Balaban J connectivity index is 1.94. The topological polar surface area (TPSA) is 15.8 Å². The van der Waals surface area contributed by atoms with Gasteiger partial charge in [-0.15, -0.1) is 0 Å². The molecule has 112 valence electrons. The molecule has 0 fully saturated rings. The van der Waals surface area contributed by atoms with Crippen LogP contribution in [-0.4, -0.2) is 4.98 Å². The second kappa shape index (κ2) is 7.13. The summed E-state index contributed by atoms with van der Waals surface area (Å²) < 4.78 is 0. The molecule has 1 aromatic heterocycles. The molecular weight excluding hydrogens is 266 g/mol. The van der Waals surface area contributed by atoms with Gasteiger partial charge in [0, 0.05) is 22.2 Å². The van der Waals surface area contributed by atoms with Crippen molar-refractivity contribution >= 4 is 23.1 Å². The highest BCUT2D eigenvalue weighted by atomic mass is 14.7. The molecule has 0 radical (unpaired) electrons. The molecule has 1 N–H and O–H groups in total. The number of fused-ring (bicyclic) bond motifs is 1. The number of para-hydroxylation sites is 1. The zero-order chi connectivity index (χ0) is 15.2. The molecule has 1 nitrogen and oxygen atoms in total. The van der Waals surface area contributed by atoms with Crippen LogP contribution in [0.3, 0.4) is 0 Å². The van der Waals surface area contributed by atoms with Gasteiger partial charge in [0.2, 0.25) is 0 Å². The first kappa shape index (κ1) is 14.6. The third kappa shape index (κ3) is 3.30. The molecule has 1 heterocycles. The van der Waals surface area contributed by atoms with Crippen LogP contribution in [0.5, 0.6) is 0 Å². The van der Waals surface area contributed by atoms with Crippen molar-refractivity contribution in [3.8, 4) is 0 Å². The molecule has 0 amide bonds. The maximum atomic E-state index is 3.61. The monoisotopic (exact) mass is 289 g/mol. The zero-order valence-electron chi connectivity index (χ0n) is 13.2. The highest BCUT2D eigenvalue weighted by molar-refractivity contribution is 5.93. The number of unbranched alkanes of at least 4 members (excludes halogenated alkanes) is 2. The smallest absolute Gasteiger partial charge is 0.0462 e. The Labute approximate surface area is 132 Å². The van der Waals surface area contributed by atoms with E-state index in [1.165, 1.54) is 47.0 Å². The molecule has 0 unspecified atom stereocenters. The highest BCUT2D eigenvalue weighted by Crippen LogP contribution is 2.26. The Morgan fingerprint density at radius 3 is 2.45 bits per heavy atom. The van der Waals surface area contributed by atoms with Crippen LogP contribution in [0.1, 0.15) is 43.0 Å². The molecule has 3 aromatic rings. The van der Waals surface area contributed by atoms with Gasteiger partial charge in [-0.25, -0.2) is 0 Å². The molecule has 0 aliphatic carbocycles. The lowest BCUT2D eigenvalue weighted by Crippen LogP contribution is -1.88. The van der Waals surface area contributed by atoms with Crippen LogP contribution in [0.4, 0.5) is 0 Å². The normalized spacial score (nSPS) is 11.5. The van der Waals surface area contributed by atoms with Crippen molar-refractivity contribution in [3.63, 3.8) is 0 Å². The number of rotatable bonds is 6. The zero-order valence-corrected chi connectivity index (χ0v) is 13.2. The van der Waals surface area contributed by atoms with Crippen LogP contribution in [0.15, 0.2) is 54.6 Å². The van der Waals surface area contributed by atoms with Gasteiger partial charge in [-0.1, -0.05) is 80.4 Å². The van der Waals surface area contributed by atoms with E-state index in [1.54, 1.807) is 0 Å². The summed E-state index contributed by atoms with van der Waals surface area (Å²) in [5, 5.41) is 1.32. The number of nitrogens with one attached hydrogen (secondary N) is 1. The summed E-state index contributed by atoms with van der Waals surface area (Å²) >= 11 is 0. The fourth-order valence-electron chi connectivity index (χ4n) is 2.90. The van der Waals surface area contributed by atoms with Gasteiger partial charge in [-0.3, -0.25) is 0 Å². The van der Waals surface area contributed by atoms with Gasteiger partial charge < -0.3 is 4.98 Å². The first-order valence-corrected chi connectivity index (χ1v) is 8.21. The van der Waals surface area contributed by atoms with Crippen molar-refractivity contribution < 1.29 is 0 Å². The van der Waals surface area contributed by atoms with E-state index in [1.807, 2.05) is 0 Å². The third-order valence-electron chi connectivity index (χ3n) is 4.10. The number of aromatic nitrogens is 1. The van der Waals surface area contributed by atoms with Gasteiger partial charge in [-0.05, 0) is 24.5 Å². The van der Waals surface area contributed by atoms with Gasteiger partial charge in [0.25, 0.3) is 0 Å². The summed E-state index contributed by atoms with van der Waals surface area (Å²) in [4.78, 5) is 3.61. The summed E-state index contributed by atoms with van der Waals surface area (Å²) in [5.41, 5.74) is 5.19. The summed E-state index contributed by atoms with van der Waals surface area (Å²) in [6, 6.07) is 19.1. The Morgan fingerprint density at radius 2 is 1.64 bits per heavy atom. The van der Waals surface area contributed by atoms with E-state index < -0.39 is 0 Å². The van der Waals surface area contributed by atoms with Crippen molar-refractivity contribution in [1.82, 2.24) is 4.98 Å². The molecule has 22 heavy (non-hydrogen) atoms. The van der Waals surface area contributed by atoms with Crippen molar-refractivity contribution in [2.24, 2.45) is 0 Å². The van der Waals surface area contributed by atoms with Crippen molar-refractivity contribution in [3.05, 3.63) is 71.4 Å². The molecule has 3 rings (SSSR count). The van der Waals surface area contributed by atoms with Crippen LogP contribution in [0.2, 0.25) is 0 Å². The lowest BCUT2D eigenvalue weighted by molar-refractivity contribution is 0.710. The van der Waals surface area contributed by atoms with E-state index >= 15 is 0 Å². The fraction of sp³-hybridized carbons (Fsp3) is 0.238. The largest absolute Gasteiger partial charge is 0.358 e. The van der Waals surface area contributed by atoms with Gasteiger partial charge in [-0.2, -0.15) is 0 Å². The molecule has 0 bridgehead atoms. The minimum Gasteiger partial charge on any atom is -0.358 e. The Morgan fingerprint density at radius 1 is 0.864 bits per heavy atom. The number of benzene rings is 2. The van der Waals surface area contributed by atoms with Crippen LogP contribution in [0, 0.1) is 0 Å². The maximum Gasteiger partial charge on any atom is 0.0462 e. The van der Waals surface area contributed by atoms with Crippen molar-refractivity contribution in [2.75, 3.05) is 0 Å². The van der Waals surface area contributed by atoms with Gasteiger partial charge in [0.05, 0.1) is 0 Å². The SMILES string of the molecule is CCCCCc1[nH]c2ccccc2c1/C=C/c1ccccc1. The van der Waals surface area contributed by atoms with Crippen LogP contribution in [0.25, 0.3) is 23.1 Å². The van der Waals surface area contributed by atoms with E-state index in [-0.39, 0.29) is 0 Å². The lowest BCUT2D eigenvalue weighted by atomic mass is 10.0. The first-order chi connectivity index (χ1) is 10.9. The molecule has 0 saturated heterocycles. The molecule has 0 spiro atoms. The van der Waals surface area contributed by atoms with Crippen molar-refractivity contribution in [2.45, 2.75) is 32.6 Å². The molecule has 1 heteroatoms. The standard InChI is InChI=1S/C21H23N/c1-2-3-5-13-21-19(16-15-17-10-6-4-7-11-17)18-12-8-9-14-20(18)22-21/h4,6-12,14-16,22H,2-3,5,13H2,1H3/b16-15+. The van der Waals surface area contributed by atoms with Crippen LogP contribution >= 0.6 is 0 Å². The van der Waals surface area contributed by atoms with Gasteiger partial charge >= 0.3 is 0 Å². The van der Waals surface area contributed by atoms with E-state index in [0.29, 0.717) is 0 Å². The van der Waals surface area contributed by atoms with E-state index in [0.717, 1.165) is 6.42 Å². The average molecular weight is 289 g/mol. The van der Waals surface area contributed by atoms with Gasteiger partial charge in [0.1, 0.15) is 0 Å². The summed E-state index contributed by atoms with van der Waals surface area (Å²) in [5.74, 6) is 0. The molecular formula is C21H23N. The highest BCUT2D eigenvalue weighted by Gasteiger charge is 2.08. The second-order valence-electron chi connectivity index (χ2n) is 5.76. The van der Waals surface area contributed by atoms with Crippen LogP contribution in [-0.2, 0) is 6.42 Å². The molecule has 0 saturated carbocycles. The quantitative estimate of drug-likeness (QED) is 0.530. The first-order valence-electron chi connectivity index (χ1n) is 8.21. The maximum absolute atomic E-state index is 3.61.